The molecule has 0 saturated heterocycles. The molecule has 0 bridgehead atoms. The fourth-order valence-corrected chi connectivity index (χ4v) is 2.49. The van der Waals surface area contributed by atoms with E-state index in [1.54, 1.807) is 10.9 Å². The Bertz CT molecular complexity index is 554. The van der Waals surface area contributed by atoms with Gasteiger partial charge in [-0.15, -0.1) is 0 Å². The number of halogens is 1. The summed E-state index contributed by atoms with van der Waals surface area (Å²) in [7, 11) is 0. The summed E-state index contributed by atoms with van der Waals surface area (Å²) in [6, 6.07) is 10.0. The van der Waals surface area contributed by atoms with Gasteiger partial charge < -0.3 is 5.32 Å². The first-order chi connectivity index (χ1) is 9.65. The highest BCUT2D eigenvalue weighted by Crippen LogP contribution is 2.17. The Kier molecular flexibility index (Phi) is 5.35. The van der Waals surface area contributed by atoms with E-state index < -0.39 is 0 Å². The van der Waals surface area contributed by atoms with Gasteiger partial charge >= 0.3 is 0 Å². The highest BCUT2D eigenvalue weighted by molar-refractivity contribution is 9.10. The first-order valence-electron chi connectivity index (χ1n) is 6.65. The van der Waals surface area contributed by atoms with Gasteiger partial charge in [-0.05, 0) is 31.0 Å². The lowest BCUT2D eigenvalue weighted by Crippen LogP contribution is -2.34. The number of benzene rings is 1. The van der Waals surface area contributed by atoms with Crippen molar-refractivity contribution in [2.75, 3.05) is 0 Å². The normalized spacial score (nSPS) is 12.1. The van der Waals surface area contributed by atoms with Crippen LogP contribution in [-0.4, -0.2) is 21.7 Å². The van der Waals surface area contributed by atoms with Gasteiger partial charge in [-0.25, -0.2) is 0 Å². The second-order valence-corrected chi connectivity index (χ2v) is 5.64. The van der Waals surface area contributed by atoms with Gasteiger partial charge in [0.05, 0.1) is 0 Å². The number of hydrogen-bond donors (Lipinski definition) is 1. The van der Waals surface area contributed by atoms with E-state index in [4.69, 9.17) is 0 Å². The Morgan fingerprint density at radius 3 is 2.90 bits per heavy atom. The third kappa shape index (κ3) is 4.49. The molecule has 0 radical (unpaired) electrons. The molecule has 4 nitrogen and oxygen atoms in total. The minimum absolute atomic E-state index is 0.0556. The topological polar surface area (TPSA) is 46.9 Å². The molecule has 0 aliphatic carbocycles. The fourth-order valence-electron chi connectivity index (χ4n) is 2.04. The lowest BCUT2D eigenvalue weighted by molar-refractivity contribution is -0.121. The molecular weight excluding hydrogens is 318 g/mol. The average molecular weight is 336 g/mol. The molecule has 1 N–H and O–H groups in total. The summed E-state index contributed by atoms with van der Waals surface area (Å²) in [4.78, 5) is 11.9. The minimum atomic E-state index is 0.0556. The molecule has 20 heavy (non-hydrogen) atoms. The minimum Gasteiger partial charge on any atom is -0.353 e. The van der Waals surface area contributed by atoms with Crippen LogP contribution >= 0.6 is 15.9 Å². The van der Waals surface area contributed by atoms with Crippen LogP contribution in [0.15, 0.2) is 47.2 Å². The maximum Gasteiger partial charge on any atom is 0.222 e. The first kappa shape index (κ1) is 14.8. The average Bonchev–Trinajstić information content (AvgIpc) is 2.92. The molecule has 0 spiro atoms. The summed E-state index contributed by atoms with van der Waals surface area (Å²) in [5.74, 6) is 0.0556. The zero-order valence-corrected chi connectivity index (χ0v) is 13.0. The van der Waals surface area contributed by atoms with Crippen LogP contribution in [0.5, 0.6) is 0 Å². The van der Waals surface area contributed by atoms with Crippen LogP contribution in [0.1, 0.15) is 18.9 Å². The summed E-state index contributed by atoms with van der Waals surface area (Å²) in [6.07, 6.45) is 4.84. The molecule has 1 unspecified atom stereocenters. The summed E-state index contributed by atoms with van der Waals surface area (Å²) >= 11 is 3.52. The zero-order chi connectivity index (χ0) is 14.4. The number of rotatable bonds is 6. The van der Waals surface area contributed by atoms with E-state index in [2.05, 4.69) is 32.4 Å². The van der Waals surface area contributed by atoms with Crippen molar-refractivity contribution in [3.05, 3.63) is 52.8 Å². The summed E-state index contributed by atoms with van der Waals surface area (Å²) in [5.41, 5.74) is 1.20. The Balaban J connectivity index is 1.78. The van der Waals surface area contributed by atoms with Gasteiger partial charge in [0.2, 0.25) is 5.91 Å². The number of aromatic nitrogens is 2. The largest absolute Gasteiger partial charge is 0.353 e. The Morgan fingerprint density at radius 2 is 2.20 bits per heavy atom. The Morgan fingerprint density at radius 1 is 1.40 bits per heavy atom. The molecule has 0 fully saturated rings. The van der Waals surface area contributed by atoms with Gasteiger partial charge in [-0.3, -0.25) is 9.48 Å². The van der Waals surface area contributed by atoms with Crippen LogP contribution in [0.3, 0.4) is 0 Å². The second-order valence-electron chi connectivity index (χ2n) is 4.78. The summed E-state index contributed by atoms with van der Waals surface area (Å²) in [5, 5.41) is 7.09. The quantitative estimate of drug-likeness (QED) is 0.882. The third-order valence-corrected chi connectivity index (χ3v) is 3.79. The molecular formula is C15H18BrN3O. The van der Waals surface area contributed by atoms with Crippen molar-refractivity contribution in [3.8, 4) is 0 Å². The fraction of sp³-hybridized carbons (Fsp3) is 0.333. The molecule has 1 heterocycles. The van der Waals surface area contributed by atoms with E-state index >= 15 is 0 Å². The molecule has 2 rings (SSSR count). The second kappa shape index (κ2) is 7.24. The molecule has 1 amide bonds. The number of carbonyl (C=O) groups is 1. The lowest BCUT2D eigenvalue weighted by atomic mass is 10.1. The van der Waals surface area contributed by atoms with Crippen LogP contribution in [0.2, 0.25) is 0 Å². The van der Waals surface area contributed by atoms with Crippen molar-refractivity contribution < 1.29 is 4.79 Å². The maximum absolute atomic E-state index is 11.9. The summed E-state index contributed by atoms with van der Waals surface area (Å²) in [6.45, 7) is 2.63. The van der Waals surface area contributed by atoms with Crippen LogP contribution in [0.25, 0.3) is 0 Å². The standard InChI is InChI=1S/C15H18BrN3O/c1-12(11-13-5-2-3-6-14(13)16)18-15(20)7-10-19-9-4-8-17-19/h2-6,8-9,12H,7,10-11H2,1H3,(H,18,20). The highest BCUT2D eigenvalue weighted by Gasteiger charge is 2.09. The van der Waals surface area contributed by atoms with E-state index in [0.29, 0.717) is 13.0 Å². The van der Waals surface area contributed by atoms with Crippen molar-refractivity contribution >= 4 is 21.8 Å². The van der Waals surface area contributed by atoms with Gasteiger partial charge in [0.1, 0.15) is 0 Å². The van der Waals surface area contributed by atoms with Crippen LogP contribution < -0.4 is 5.32 Å². The van der Waals surface area contributed by atoms with Crippen LogP contribution in [-0.2, 0) is 17.8 Å². The molecule has 1 atom stereocenters. The van der Waals surface area contributed by atoms with Crippen molar-refractivity contribution in [1.82, 2.24) is 15.1 Å². The van der Waals surface area contributed by atoms with Crippen molar-refractivity contribution in [2.45, 2.75) is 32.4 Å². The van der Waals surface area contributed by atoms with E-state index in [9.17, 15) is 4.79 Å². The summed E-state index contributed by atoms with van der Waals surface area (Å²) < 4.78 is 2.84. The van der Waals surface area contributed by atoms with E-state index in [1.807, 2.05) is 37.4 Å². The number of amides is 1. The molecule has 0 aliphatic heterocycles. The molecule has 2 aromatic rings. The number of carbonyl (C=O) groups excluding carboxylic acids is 1. The lowest BCUT2D eigenvalue weighted by Gasteiger charge is -2.15. The van der Waals surface area contributed by atoms with Gasteiger partial charge in [0.25, 0.3) is 0 Å². The third-order valence-electron chi connectivity index (χ3n) is 3.02. The van der Waals surface area contributed by atoms with Gasteiger partial charge in [0, 0.05) is 35.9 Å². The number of hydrogen-bond acceptors (Lipinski definition) is 2. The maximum atomic E-state index is 11.9. The molecule has 0 aliphatic rings. The number of nitrogens with zero attached hydrogens (tertiary/aromatic N) is 2. The van der Waals surface area contributed by atoms with E-state index in [-0.39, 0.29) is 11.9 Å². The van der Waals surface area contributed by atoms with E-state index in [0.717, 1.165) is 10.9 Å². The Hall–Kier alpha value is -1.62. The predicted octanol–water partition coefficient (Wildman–Crippen LogP) is 2.78. The van der Waals surface area contributed by atoms with Gasteiger partial charge in [-0.1, -0.05) is 34.1 Å². The molecule has 1 aromatic heterocycles. The van der Waals surface area contributed by atoms with Crippen molar-refractivity contribution in [1.29, 1.82) is 0 Å². The van der Waals surface area contributed by atoms with Gasteiger partial charge in [0.15, 0.2) is 0 Å². The smallest absolute Gasteiger partial charge is 0.222 e. The highest BCUT2D eigenvalue weighted by atomic mass is 79.9. The molecule has 5 heteroatoms. The number of nitrogens with one attached hydrogen (secondary N) is 1. The number of aryl methyl sites for hydroxylation is 1. The monoisotopic (exact) mass is 335 g/mol. The zero-order valence-electron chi connectivity index (χ0n) is 11.4. The van der Waals surface area contributed by atoms with E-state index in [1.165, 1.54) is 5.56 Å². The van der Waals surface area contributed by atoms with Crippen LogP contribution in [0.4, 0.5) is 0 Å². The molecule has 1 aromatic carbocycles. The Labute approximate surface area is 127 Å². The molecule has 0 saturated carbocycles. The van der Waals surface area contributed by atoms with Crippen LogP contribution in [0, 0.1) is 0 Å². The van der Waals surface area contributed by atoms with Crippen molar-refractivity contribution in [3.63, 3.8) is 0 Å². The molecule has 106 valence electrons. The predicted molar refractivity (Wildman–Crippen MR) is 82.3 cm³/mol. The van der Waals surface area contributed by atoms with Gasteiger partial charge in [-0.2, -0.15) is 5.10 Å². The SMILES string of the molecule is CC(Cc1ccccc1Br)NC(=O)CCn1cccn1. The van der Waals surface area contributed by atoms with Crippen molar-refractivity contribution in [2.24, 2.45) is 0 Å². The first-order valence-corrected chi connectivity index (χ1v) is 7.44.